The Labute approximate surface area is 74.6 Å². The molecule has 0 aliphatic carbocycles. The molecule has 0 unspecified atom stereocenters. The molecule has 1 aromatic rings. The van der Waals surface area contributed by atoms with Crippen LogP contribution in [-0.2, 0) is 6.54 Å². The molecule has 68 valence electrons. The Balaban J connectivity index is 2.04. The fourth-order valence-corrected chi connectivity index (χ4v) is 1.12. The highest BCUT2D eigenvalue weighted by Crippen LogP contribution is 1.89. The van der Waals surface area contributed by atoms with Crippen LogP contribution in [0.15, 0.2) is 24.5 Å². The van der Waals surface area contributed by atoms with E-state index in [-0.39, 0.29) is 0 Å². The second-order valence-electron chi connectivity index (χ2n) is 3.52. The lowest BCUT2D eigenvalue weighted by Crippen LogP contribution is -2.23. The molecule has 0 bridgehead atoms. The van der Waals surface area contributed by atoms with Crippen LogP contribution in [0.4, 0.5) is 0 Å². The normalized spacial score (nSPS) is 10.9. The second kappa shape index (κ2) is 4.99. The van der Waals surface area contributed by atoms with Gasteiger partial charge in [0, 0.05) is 25.5 Å². The van der Waals surface area contributed by atoms with Gasteiger partial charge in [-0.05, 0) is 24.6 Å². The van der Waals surface area contributed by atoms with E-state index in [2.05, 4.69) is 48.3 Å². The largest absolute Gasteiger partial charge is 0.353 e. The number of hydrogen-bond donors (Lipinski definition) is 1. The summed E-state index contributed by atoms with van der Waals surface area (Å²) in [7, 11) is 0. The van der Waals surface area contributed by atoms with Crippen molar-refractivity contribution in [3.05, 3.63) is 24.5 Å². The van der Waals surface area contributed by atoms with Gasteiger partial charge >= 0.3 is 0 Å². The molecule has 0 aliphatic rings. The van der Waals surface area contributed by atoms with Crippen molar-refractivity contribution >= 4 is 0 Å². The van der Waals surface area contributed by atoms with E-state index in [9.17, 15) is 0 Å². The fourth-order valence-electron chi connectivity index (χ4n) is 1.12. The Morgan fingerprint density at radius 3 is 2.50 bits per heavy atom. The lowest BCUT2D eigenvalue weighted by molar-refractivity contribution is 0.525. The predicted octanol–water partition coefficient (Wildman–Crippen LogP) is 1.73. The second-order valence-corrected chi connectivity index (χ2v) is 3.52. The van der Waals surface area contributed by atoms with E-state index in [0.29, 0.717) is 0 Å². The predicted molar refractivity (Wildman–Crippen MR) is 52.1 cm³/mol. The molecule has 1 aromatic heterocycles. The first-order valence-corrected chi connectivity index (χ1v) is 4.60. The fraction of sp³-hybridized carbons (Fsp3) is 0.600. The number of aromatic nitrogens is 1. The highest BCUT2D eigenvalue weighted by atomic mass is 15.0. The minimum absolute atomic E-state index is 0.745. The van der Waals surface area contributed by atoms with E-state index in [1.165, 1.54) is 0 Å². The monoisotopic (exact) mass is 166 g/mol. The van der Waals surface area contributed by atoms with Crippen LogP contribution in [-0.4, -0.2) is 17.7 Å². The summed E-state index contributed by atoms with van der Waals surface area (Å²) in [6.07, 6.45) is 4.19. The number of nitrogens with zero attached hydrogens (tertiary/aromatic N) is 1. The van der Waals surface area contributed by atoms with Crippen molar-refractivity contribution in [2.45, 2.75) is 20.4 Å². The lowest BCUT2D eigenvalue weighted by Gasteiger charge is -2.07. The van der Waals surface area contributed by atoms with Crippen LogP contribution < -0.4 is 5.32 Å². The van der Waals surface area contributed by atoms with Gasteiger partial charge in [0.2, 0.25) is 0 Å². The zero-order valence-corrected chi connectivity index (χ0v) is 7.96. The molecular formula is C10H18N2. The van der Waals surface area contributed by atoms with E-state index in [0.717, 1.165) is 25.6 Å². The molecule has 0 amide bonds. The zero-order chi connectivity index (χ0) is 8.81. The highest BCUT2D eigenvalue weighted by Gasteiger charge is 1.92. The van der Waals surface area contributed by atoms with Crippen LogP contribution in [0.3, 0.4) is 0 Å². The summed E-state index contributed by atoms with van der Waals surface area (Å²) in [6, 6.07) is 4.12. The maximum atomic E-state index is 3.40. The molecule has 0 aromatic carbocycles. The molecule has 2 nitrogen and oxygen atoms in total. The standard InChI is InChI=1S/C10H18N2/c1-10(2)9-11-5-8-12-6-3-4-7-12/h3-4,6-7,10-11H,5,8-9H2,1-2H3. The SMILES string of the molecule is CC(C)CNCCn1cccc1. The Hall–Kier alpha value is -0.760. The highest BCUT2D eigenvalue weighted by molar-refractivity contribution is 4.90. The minimum Gasteiger partial charge on any atom is -0.353 e. The lowest BCUT2D eigenvalue weighted by atomic mass is 10.2. The number of rotatable bonds is 5. The third kappa shape index (κ3) is 3.58. The van der Waals surface area contributed by atoms with Gasteiger partial charge in [0.25, 0.3) is 0 Å². The van der Waals surface area contributed by atoms with E-state index in [1.54, 1.807) is 0 Å². The molecule has 2 heteroatoms. The molecule has 0 radical (unpaired) electrons. The third-order valence-corrected chi connectivity index (χ3v) is 1.77. The number of nitrogens with one attached hydrogen (secondary N) is 1. The van der Waals surface area contributed by atoms with Gasteiger partial charge in [-0.1, -0.05) is 13.8 Å². The molecule has 0 aliphatic heterocycles. The first-order chi connectivity index (χ1) is 5.79. The van der Waals surface area contributed by atoms with Gasteiger partial charge in [0.1, 0.15) is 0 Å². The van der Waals surface area contributed by atoms with Gasteiger partial charge < -0.3 is 9.88 Å². The van der Waals surface area contributed by atoms with E-state index < -0.39 is 0 Å². The third-order valence-electron chi connectivity index (χ3n) is 1.77. The van der Waals surface area contributed by atoms with Crippen LogP contribution in [0.2, 0.25) is 0 Å². The van der Waals surface area contributed by atoms with Crippen molar-refractivity contribution < 1.29 is 0 Å². The van der Waals surface area contributed by atoms with Crippen LogP contribution in [0.5, 0.6) is 0 Å². The Kier molecular flexibility index (Phi) is 3.88. The maximum absolute atomic E-state index is 3.40. The Bertz CT molecular complexity index is 190. The van der Waals surface area contributed by atoms with E-state index in [1.807, 2.05) is 0 Å². The van der Waals surface area contributed by atoms with Crippen molar-refractivity contribution in [2.24, 2.45) is 5.92 Å². The summed E-state index contributed by atoms with van der Waals surface area (Å²) < 4.78 is 2.19. The van der Waals surface area contributed by atoms with E-state index in [4.69, 9.17) is 0 Å². The summed E-state index contributed by atoms with van der Waals surface area (Å²) in [5.74, 6) is 0.745. The van der Waals surface area contributed by atoms with Gasteiger partial charge in [-0.3, -0.25) is 0 Å². The summed E-state index contributed by atoms with van der Waals surface area (Å²) in [6.45, 7) is 7.69. The van der Waals surface area contributed by atoms with Crippen LogP contribution in [0.1, 0.15) is 13.8 Å². The smallest absolute Gasteiger partial charge is 0.0344 e. The Morgan fingerprint density at radius 2 is 1.92 bits per heavy atom. The average molecular weight is 166 g/mol. The number of hydrogen-bond acceptors (Lipinski definition) is 1. The first kappa shape index (κ1) is 9.33. The molecular weight excluding hydrogens is 148 g/mol. The molecule has 0 atom stereocenters. The van der Waals surface area contributed by atoms with E-state index >= 15 is 0 Å². The van der Waals surface area contributed by atoms with Crippen molar-refractivity contribution in [2.75, 3.05) is 13.1 Å². The topological polar surface area (TPSA) is 17.0 Å². The summed E-state index contributed by atoms with van der Waals surface area (Å²) in [5, 5.41) is 3.40. The molecule has 1 heterocycles. The van der Waals surface area contributed by atoms with Crippen molar-refractivity contribution in [3.63, 3.8) is 0 Å². The summed E-state index contributed by atoms with van der Waals surface area (Å²) in [4.78, 5) is 0. The van der Waals surface area contributed by atoms with Crippen LogP contribution in [0, 0.1) is 5.92 Å². The van der Waals surface area contributed by atoms with Crippen molar-refractivity contribution in [1.29, 1.82) is 0 Å². The zero-order valence-electron chi connectivity index (χ0n) is 7.96. The quantitative estimate of drug-likeness (QED) is 0.659. The van der Waals surface area contributed by atoms with Gasteiger partial charge in [-0.15, -0.1) is 0 Å². The summed E-state index contributed by atoms with van der Waals surface area (Å²) >= 11 is 0. The van der Waals surface area contributed by atoms with Gasteiger partial charge in [0.15, 0.2) is 0 Å². The average Bonchev–Trinajstić information content (AvgIpc) is 2.49. The molecule has 1 N–H and O–H groups in total. The van der Waals surface area contributed by atoms with Gasteiger partial charge in [-0.25, -0.2) is 0 Å². The first-order valence-electron chi connectivity index (χ1n) is 4.60. The molecule has 12 heavy (non-hydrogen) atoms. The van der Waals surface area contributed by atoms with Gasteiger partial charge in [0.05, 0.1) is 0 Å². The Morgan fingerprint density at radius 1 is 1.25 bits per heavy atom. The summed E-state index contributed by atoms with van der Waals surface area (Å²) in [5.41, 5.74) is 0. The molecule has 0 saturated heterocycles. The van der Waals surface area contributed by atoms with Crippen LogP contribution in [0.25, 0.3) is 0 Å². The van der Waals surface area contributed by atoms with Crippen molar-refractivity contribution in [1.82, 2.24) is 9.88 Å². The van der Waals surface area contributed by atoms with Crippen LogP contribution >= 0.6 is 0 Å². The van der Waals surface area contributed by atoms with Gasteiger partial charge in [-0.2, -0.15) is 0 Å². The molecule has 0 saturated carbocycles. The minimum atomic E-state index is 0.745. The molecule has 0 spiro atoms. The molecule has 0 fully saturated rings. The van der Waals surface area contributed by atoms with Crippen molar-refractivity contribution in [3.8, 4) is 0 Å². The molecule has 1 rings (SSSR count). The maximum Gasteiger partial charge on any atom is 0.0344 e.